The topological polar surface area (TPSA) is 55.0 Å². The summed E-state index contributed by atoms with van der Waals surface area (Å²) >= 11 is 0. The van der Waals surface area contributed by atoms with Crippen LogP contribution in [0.25, 0.3) is 0 Å². The molecule has 1 aliphatic carbocycles. The van der Waals surface area contributed by atoms with Crippen LogP contribution in [0.2, 0.25) is 0 Å². The summed E-state index contributed by atoms with van der Waals surface area (Å²) in [4.78, 5) is 10.9. The third kappa shape index (κ3) is 2.24. The largest absolute Gasteiger partial charge is 0.356 e. The summed E-state index contributed by atoms with van der Waals surface area (Å²) in [5.41, 5.74) is 7.23. The molecule has 94 valence electrons. The van der Waals surface area contributed by atoms with Crippen LogP contribution in [0.1, 0.15) is 18.5 Å². The molecule has 0 radical (unpaired) electrons. The maximum atomic E-state index is 6.20. The van der Waals surface area contributed by atoms with Crippen molar-refractivity contribution in [1.29, 1.82) is 0 Å². The minimum atomic E-state index is 0. The van der Waals surface area contributed by atoms with Gasteiger partial charge >= 0.3 is 0 Å². The Morgan fingerprint density at radius 1 is 1.24 bits per heavy atom. The molecule has 0 amide bonds. The number of nitrogens with two attached hydrogens (primary N) is 1. The van der Waals surface area contributed by atoms with Gasteiger partial charge in [0.1, 0.15) is 12.1 Å². The van der Waals surface area contributed by atoms with Crippen LogP contribution in [0.3, 0.4) is 0 Å². The van der Waals surface area contributed by atoms with E-state index in [9.17, 15) is 0 Å². The van der Waals surface area contributed by atoms with Crippen molar-refractivity contribution in [3.05, 3.63) is 18.1 Å². The number of hydrogen-bond acceptors (Lipinski definition) is 4. The van der Waals surface area contributed by atoms with Gasteiger partial charge in [-0.15, -0.1) is 12.4 Å². The zero-order chi connectivity index (χ0) is 11.1. The molecule has 1 saturated carbocycles. The van der Waals surface area contributed by atoms with Crippen LogP contribution < -0.4 is 10.6 Å². The summed E-state index contributed by atoms with van der Waals surface area (Å²) in [5, 5.41) is 0. The molecule has 4 nitrogen and oxygen atoms in total. The molecule has 1 saturated heterocycles. The lowest BCUT2D eigenvalue weighted by Gasteiger charge is -2.36. The minimum Gasteiger partial charge on any atom is -0.356 e. The first kappa shape index (κ1) is 12.6. The van der Waals surface area contributed by atoms with Crippen LogP contribution in [0.4, 0.5) is 5.82 Å². The molecule has 2 heterocycles. The quantitative estimate of drug-likeness (QED) is 0.823. The second-order valence-corrected chi connectivity index (χ2v) is 5.10. The predicted octanol–water partition coefficient (Wildman–Crippen LogP) is 1.38. The third-order valence-electron chi connectivity index (χ3n) is 4.02. The number of anilines is 1. The molecule has 0 unspecified atom stereocenters. The van der Waals surface area contributed by atoms with Crippen LogP contribution in [0, 0.1) is 18.8 Å². The Kier molecular flexibility index (Phi) is 3.54. The summed E-state index contributed by atoms with van der Waals surface area (Å²) in [6, 6.07) is 2.48. The lowest BCUT2D eigenvalue weighted by Crippen LogP contribution is -2.49. The number of halogens is 1. The van der Waals surface area contributed by atoms with Gasteiger partial charge in [-0.2, -0.15) is 0 Å². The molecule has 1 aromatic rings. The van der Waals surface area contributed by atoms with Gasteiger partial charge in [-0.3, -0.25) is 0 Å². The fourth-order valence-electron chi connectivity index (χ4n) is 3.07. The van der Waals surface area contributed by atoms with Crippen LogP contribution in [-0.4, -0.2) is 29.1 Å². The average Bonchev–Trinajstić information content (AvgIpc) is 2.53. The second kappa shape index (κ2) is 4.78. The number of rotatable bonds is 1. The first-order valence-electron chi connectivity index (χ1n) is 6.03. The molecule has 5 heteroatoms. The highest BCUT2D eigenvalue weighted by molar-refractivity contribution is 5.85. The Morgan fingerprint density at radius 3 is 2.47 bits per heavy atom. The Bertz CT molecular complexity index is 384. The number of aromatic nitrogens is 2. The lowest BCUT2D eigenvalue weighted by atomic mass is 9.93. The summed E-state index contributed by atoms with van der Waals surface area (Å²) in [7, 11) is 0. The van der Waals surface area contributed by atoms with Crippen molar-refractivity contribution >= 4 is 18.2 Å². The molecule has 1 aliphatic heterocycles. The molecular formula is C12H19ClN4. The zero-order valence-electron chi connectivity index (χ0n) is 10.0. The van der Waals surface area contributed by atoms with Crippen LogP contribution in [0.15, 0.2) is 12.4 Å². The summed E-state index contributed by atoms with van der Waals surface area (Å²) in [6.07, 6.45) is 4.22. The van der Waals surface area contributed by atoms with Gasteiger partial charge in [0.25, 0.3) is 0 Å². The highest BCUT2D eigenvalue weighted by Gasteiger charge is 2.40. The third-order valence-corrected chi connectivity index (χ3v) is 4.02. The van der Waals surface area contributed by atoms with Gasteiger partial charge in [-0.1, -0.05) is 0 Å². The normalized spacial score (nSPS) is 31.2. The van der Waals surface area contributed by atoms with Crippen molar-refractivity contribution in [2.75, 3.05) is 18.0 Å². The molecule has 0 spiro atoms. The molecule has 3 rings (SSSR count). The monoisotopic (exact) mass is 254 g/mol. The van der Waals surface area contributed by atoms with E-state index in [1.165, 1.54) is 12.8 Å². The Balaban J connectivity index is 0.00000108. The van der Waals surface area contributed by atoms with Crippen LogP contribution in [0.5, 0.6) is 0 Å². The van der Waals surface area contributed by atoms with E-state index in [1.807, 2.05) is 6.92 Å². The van der Waals surface area contributed by atoms with Crippen molar-refractivity contribution in [3.8, 4) is 0 Å². The van der Waals surface area contributed by atoms with E-state index in [0.717, 1.165) is 24.6 Å². The van der Waals surface area contributed by atoms with Gasteiger partial charge in [0, 0.05) is 30.9 Å². The van der Waals surface area contributed by atoms with E-state index in [1.54, 1.807) is 6.33 Å². The van der Waals surface area contributed by atoms with Crippen LogP contribution in [-0.2, 0) is 0 Å². The minimum absolute atomic E-state index is 0. The molecule has 0 aromatic carbocycles. The van der Waals surface area contributed by atoms with Crippen molar-refractivity contribution in [2.45, 2.75) is 25.8 Å². The number of hydrogen-bond donors (Lipinski definition) is 1. The molecule has 1 aromatic heterocycles. The number of fused-ring (bicyclic) bond motifs is 2. The highest BCUT2D eigenvalue weighted by atomic mass is 35.5. The van der Waals surface area contributed by atoms with Gasteiger partial charge in [0.05, 0.1) is 0 Å². The molecule has 2 aliphatic rings. The maximum Gasteiger partial charge on any atom is 0.132 e. The fraction of sp³-hybridized carbons (Fsp3) is 0.667. The molecule has 2 N–H and O–H groups in total. The standard InChI is InChI=1S/C12H18N4.ClH/c1-8-4-11(15-7-14-8)16-5-9-2-3-10(6-16)12(9)13;/h4,7,9-10,12H,2-3,5-6,13H2,1H3;1H/t9-,10+,12-;. The van der Waals surface area contributed by atoms with E-state index < -0.39 is 0 Å². The van der Waals surface area contributed by atoms with Gasteiger partial charge in [0.2, 0.25) is 0 Å². The van der Waals surface area contributed by atoms with E-state index in [2.05, 4.69) is 20.9 Å². The predicted molar refractivity (Wildman–Crippen MR) is 70.4 cm³/mol. The summed E-state index contributed by atoms with van der Waals surface area (Å²) in [5.74, 6) is 2.39. The van der Waals surface area contributed by atoms with Gasteiger partial charge < -0.3 is 10.6 Å². The molecular weight excluding hydrogens is 236 g/mol. The van der Waals surface area contributed by atoms with E-state index in [-0.39, 0.29) is 12.4 Å². The Morgan fingerprint density at radius 2 is 1.88 bits per heavy atom. The van der Waals surface area contributed by atoms with Crippen molar-refractivity contribution in [3.63, 3.8) is 0 Å². The first-order chi connectivity index (χ1) is 7.74. The summed E-state index contributed by atoms with van der Waals surface area (Å²) in [6.45, 7) is 4.14. The SMILES string of the molecule is Cc1cc(N2C[C@H]3CC[C@@H](C2)[C@@H]3N)ncn1.Cl. The Hall–Kier alpha value is -0.870. The fourth-order valence-corrected chi connectivity index (χ4v) is 3.07. The number of nitrogens with zero attached hydrogens (tertiary/aromatic N) is 3. The van der Waals surface area contributed by atoms with Gasteiger partial charge in [-0.05, 0) is 31.6 Å². The smallest absolute Gasteiger partial charge is 0.132 e. The van der Waals surface area contributed by atoms with Crippen molar-refractivity contribution in [2.24, 2.45) is 17.6 Å². The number of aryl methyl sites for hydroxylation is 1. The van der Waals surface area contributed by atoms with Gasteiger partial charge in [0.15, 0.2) is 0 Å². The van der Waals surface area contributed by atoms with E-state index in [4.69, 9.17) is 5.73 Å². The molecule has 2 fully saturated rings. The maximum absolute atomic E-state index is 6.20. The van der Waals surface area contributed by atoms with Gasteiger partial charge in [-0.25, -0.2) is 9.97 Å². The molecule has 2 bridgehead atoms. The highest BCUT2D eigenvalue weighted by Crippen LogP contribution is 2.36. The molecule has 3 atom stereocenters. The molecule has 17 heavy (non-hydrogen) atoms. The van der Waals surface area contributed by atoms with Crippen molar-refractivity contribution in [1.82, 2.24) is 9.97 Å². The van der Waals surface area contributed by atoms with Crippen molar-refractivity contribution < 1.29 is 0 Å². The van der Waals surface area contributed by atoms with E-state index >= 15 is 0 Å². The van der Waals surface area contributed by atoms with E-state index in [0.29, 0.717) is 17.9 Å². The summed E-state index contributed by atoms with van der Waals surface area (Å²) < 4.78 is 0. The average molecular weight is 255 g/mol. The Labute approximate surface area is 108 Å². The van der Waals surface area contributed by atoms with Crippen LogP contribution >= 0.6 is 12.4 Å². The second-order valence-electron chi connectivity index (χ2n) is 5.10. The zero-order valence-corrected chi connectivity index (χ0v) is 10.9. The number of piperidine rings is 1. The lowest BCUT2D eigenvalue weighted by molar-refractivity contribution is 0.355. The first-order valence-corrected chi connectivity index (χ1v) is 6.03.